The molecule has 0 aliphatic heterocycles. The van der Waals surface area contributed by atoms with Crippen molar-refractivity contribution in [1.29, 1.82) is 5.26 Å². The fourth-order valence-corrected chi connectivity index (χ4v) is 1.91. The number of benzene rings is 1. The van der Waals surface area contributed by atoms with Crippen molar-refractivity contribution in [3.8, 4) is 11.8 Å². The summed E-state index contributed by atoms with van der Waals surface area (Å²) in [5.41, 5.74) is 0.216. The summed E-state index contributed by atoms with van der Waals surface area (Å²) in [6, 6.07) is 6.26. The van der Waals surface area contributed by atoms with E-state index in [0.29, 0.717) is 30.3 Å². The molecule has 0 saturated heterocycles. The Morgan fingerprint density at radius 3 is 2.88 bits per heavy atom. The Morgan fingerprint density at radius 1 is 1.42 bits per heavy atom. The van der Waals surface area contributed by atoms with E-state index >= 15 is 0 Å². The summed E-state index contributed by atoms with van der Waals surface area (Å²) in [7, 11) is 0. The highest BCUT2D eigenvalue weighted by Crippen LogP contribution is 2.26. The predicted molar refractivity (Wildman–Crippen MR) is 93.8 cm³/mol. The van der Waals surface area contributed by atoms with Crippen molar-refractivity contribution in [2.45, 2.75) is 26.2 Å². The largest absolute Gasteiger partial charge is 0.506 e. The van der Waals surface area contributed by atoms with Crippen LogP contribution in [0.15, 0.2) is 30.0 Å². The van der Waals surface area contributed by atoms with E-state index in [0.717, 1.165) is 19.4 Å². The molecule has 24 heavy (non-hydrogen) atoms. The Balaban J connectivity index is 2.43. The third-order valence-corrected chi connectivity index (χ3v) is 3.32. The molecule has 130 valence electrons. The van der Waals surface area contributed by atoms with E-state index in [1.54, 1.807) is 0 Å². The quantitative estimate of drug-likeness (QED) is 0.260. The molecule has 1 rings (SSSR count). The zero-order valence-corrected chi connectivity index (χ0v) is 14.4. The van der Waals surface area contributed by atoms with Gasteiger partial charge in [-0.25, -0.2) is 0 Å². The normalized spacial score (nSPS) is 11.0. The molecule has 0 aliphatic rings. The zero-order valence-electron chi connectivity index (χ0n) is 13.6. The highest BCUT2D eigenvalue weighted by Gasteiger charge is 2.08. The molecule has 0 spiro atoms. The van der Waals surface area contributed by atoms with Gasteiger partial charge >= 0.3 is 0 Å². The van der Waals surface area contributed by atoms with Gasteiger partial charge in [0.1, 0.15) is 17.4 Å². The van der Waals surface area contributed by atoms with E-state index in [1.807, 2.05) is 6.07 Å². The number of nitrogens with zero attached hydrogens (tertiary/aromatic N) is 1. The minimum Gasteiger partial charge on any atom is -0.506 e. The SMILES string of the molecule is CCCCOCCCNC(=O)/C(C#N)=C\Nc1cc(Cl)ccc1O. The van der Waals surface area contributed by atoms with E-state index in [4.69, 9.17) is 21.6 Å². The maximum atomic E-state index is 11.9. The average Bonchev–Trinajstić information content (AvgIpc) is 2.57. The van der Waals surface area contributed by atoms with E-state index in [-0.39, 0.29) is 11.3 Å². The van der Waals surface area contributed by atoms with E-state index in [1.165, 1.54) is 24.4 Å². The Kier molecular flexibility index (Phi) is 9.35. The molecule has 0 aromatic heterocycles. The lowest BCUT2D eigenvalue weighted by molar-refractivity contribution is -0.117. The van der Waals surface area contributed by atoms with Gasteiger partial charge in [0.15, 0.2) is 0 Å². The molecular weight excluding hydrogens is 330 g/mol. The molecule has 0 unspecified atom stereocenters. The maximum Gasteiger partial charge on any atom is 0.263 e. The first kappa shape index (κ1) is 19.8. The number of ether oxygens (including phenoxy) is 1. The second kappa shape index (κ2) is 11.3. The fourth-order valence-electron chi connectivity index (χ4n) is 1.74. The summed E-state index contributed by atoms with van der Waals surface area (Å²) in [6.07, 6.45) is 4.02. The van der Waals surface area contributed by atoms with Crippen LogP contribution in [0.25, 0.3) is 0 Å². The second-order valence-electron chi connectivity index (χ2n) is 5.05. The molecule has 6 nitrogen and oxygen atoms in total. The van der Waals surface area contributed by atoms with Gasteiger partial charge in [-0.15, -0.1) is 0 Å². The van der Waals surface area contributed by atoms with Crippen LogP contribution in [0.5, 0.6) is 5.75 Å². The van der Waals surface area contributed by atoms with E-state index in [9.17, 15) is 9.90 Å². The summed E-state index contributed by atoms with van der Waals surface area (Å²) in [6.45, 7) is 3.81. The molecule has 0 bridgehead atoms. The number of hydrogen-bond acceptors (Lipinski definition) is 5. The van der Waals surface area contributed by atoms with Gasteiger partial charge in [0.2, 0.25) is 0 Å². The summed E-state index contributed by atoms with van der Waals surface area (Å²) in [5.74, 6) is -0.516. The van der Waals surface area contributed by atoms with Crippen LogP contribution < -0.4 is 10.6 Å². The van der Waals surface area contributed by atoms with E-state index < -0.39 is 5.91 Å². The number of anilines is 1. The monoisotopic (exact) mass is 351 g/mol. The van der Waals surface area contributed by atoms with Crippen LogP contribution in [0.3, 0.4) is 0 Å². The minimum absolute atomic E-state index is 0.0300. The fraction of sp³-hybridized carbons (Fsp3) is 0.412. The molecule has 1 amide bonds. The Morgan fingerprint density at radius 2 is 2.17 bits per heavy atom. The van der Waals surface area contributed by atoms with Crippen LogP contribution in [0.1, 0.15) is 26.2 Å². The number of carbonyl (C=O) groups is 1. The van der Waals surface area contributed by atoms with Crippen molar-refractivity contribution in [3.05, 3.63) is 35.0 Å². The van der Waals surface area contributed by atoms with Crippen molar-refractivity contribution in [3.63, 3.8) is 0 Å². The number of aromatic hydroxyl groups is 1. The molecule has 3 N–H and O–H groups in total. The number of carbonyl (C=O) groups excluding carboxylic acids is 1. The average molecular weight is 352 g/mol. The molecule has 0 saturated carbocycles. The lowest BCUT2D eigenvalue weighted by Gasteiger charge is -2.07. The first-order valence-electron chi connectivity index (χ1n) is 7.79. The summed E-state index contributed by atoms with van der Waals surface area (Å²) in [4.78, 5) is 11.9. The van der Waals surface area contributed by atoms with Crippen molar-refractivity contribution >= 4 is 23.2 Å². The van der Waals surface area contributed by atoms with Crippen LogP contribution >= 0.6 is 11.6 Å². The zero-order chi connectivity index (χ0) is 17.8. The van der Waals surface area contributed by atoms with Gasteiger partial charge < -0.3 is 20.5 Å². The van der Waals surface area contributed by atoms with Crippen molar-refractivity contribution in [2.75, 3.05) is 25.1 Å². The standard InChI is InChI=1S/C17H22ClN3O3/c1-2-3-8-24-9-4-7-20-17(23)13(11-19)12-21-15-10-14(18)5-6-16(15)22/h5-6,10,12,21-22H,2-4,7-9H2,1H3,(H,20,23)/b13-12-. The van der Waals surface area contributed by atoms with Crippen LogP contribution in [-0.4, -0.2) is 30.8 Å². The molecule has 7 heteroatoms. The number of halogens is 1. The highest BCUT2D eigenvalue weighted by molar-refractivity contribution is 6.30. The number of nitriles is 1. The summed E-state index contributed by atoms with van der Waals surface area (Å²) in [5, 5.41) is 24.5. The van der Waals surface area contributed by atoms with Crippen LogP contribution in [-0.2, 0) is 9.53 Å². The van der Waals surface area contributed by atoms with Crippen LogP contribution in [0, 0.1) is 11.3 Å². The van der Waals surface area contributed by atoms with Crippen molar-refractivity contribution < 1.29 is 14.6 Å². The lowest BCUT2D eigenvalue weighted by Crippen LogP contribution is -2.26. The first-order chi connectivity index (χ1) is 11.6. The molecule has 1 aromatic carbocycles. The Bertz CT molecular complexity index is 612. The van der Waals surface area contributed by atoms with Crippen molar-refractivity contribution in [1.82, 2.24) is 5.32 Å². The molecule has 0 radical (unpaired) electrons. The number of phenolic OH excluding ortho intramolecular Hbond substituents is 1. The van der Waals surface area contributed by atoms with Gasteiger partial charge in [-0.05, 0) is 31.0 Å². The minimum atomic E-state index is -0.486. The molecular formula is C17H22ClN3O3. The van der Waals surface area contributed by atoms with Gasteiger partial charge in [-0.1, -0.05) is 24.9 Å². The van der Waals surface area contributed by atoms with Gasteiger partial charge in [0.25, 0.3) is 5.91 Å². The first-order valence-corrected chi connectivity index (χ1v) is 8.17. The Hall–Kier alpha value is -2.23. The van der Waals surface area contributed by atoms with Crippen molar-refractivity contribution in [2.24, 2.45) is 0 Å². The van der Waals surface area contributed by atoms with Gasteiger partial charge in [0.05, 0.1) is 5.69 Å². The molecule has 0 heterocycles. The predicted octanol–water partition coefficient (Wildman–Crippen LogP) is 3.19. The molecule has 0 aliphatic carbocycles. The summed E-state index contributed by atoms with van der Waals surface area (Å²) >= 11 is 5.83. The van der Waals surface area contributed by atoms with E-state index in [2.05, 4.69) is 17.6 Å². The highest BCUT2D eigenvalue weighted by atomic mass is 35.5. The number of nitrogens with one attached hydrogen (secondary N) is 2. The Labute approximate surface area is 147 Å². The third kappa shape index (κ3) is 7.36. The smallest absolute Gasteiger partial charge is 0.263 e. The number of phenols is 1. The molecule has 1 aromatic rings. The second-order valence-corrected chi connectivity index (χ2v) is 5.49. The van der Waals surface area contributed by atoms with Gasteiger partial charge in [0, 0.05) is 31.0 Å². The molecule has 0 atom stereocenters. The van der Waals surface area contributed by atoms with Gasteiger partial charge in [-0.3, -0.25) is 4.79 Å². The number of rotatable bonds is 10. The maximum absolute atomic E-state index is 11.9. The number of hydrogen-bond donors (Lipinski definition) is 3. The third-order valence-electron chi connectivity index (χ3n) is 3.09. The van der Waals surface area contributed by atoms with Crippen LogP contribution in [0.4, 0.5) is 5.69 Å². The number of amides is 1. The molecule has 0 fully saturated rings. The summed E-state index contributed by atoms with van der Waals surface area (Å²) < 4.78 is 5.39. The van der Waals surface area contributed by atoms with Gasteiger partial charge in [-0.2, -0.15) is 5.26 Å². The lowest BCUT2D eigenvalue weighted by atomic mass is 10.2. The topological polar surface area (TPSA) is 94.4 Å². The number of unbranched alkanes of at least 4 members (excludes halogenated alkanes) is 1. The van der Waals surface area contributed by atoms with Crippen LogP contribution in [0.2, 0.25) is 5.02 Å².